The molecule has 3 rings (SSSR count). The lowest BCUT2D eigenvalue weighted by Gasteiger charge is -2.19. The van der Waals surface area contributed by atoms with Gasteiger partial charge in [-0.3, -0.25) is 9.97 Å². The average Bonchev–Trinajstić information content (AvgIpc) is 2.19. The van der Waals surface area contributed by atoms with Gasteiger partial charge in [-0.05, 0) is 16.8 Å². The van der Waals surface area contributed by atoms with Gasteiger partial charge in [-0.1, -0.05) is 6.34 Å². The molecule has 0 aromatic carbocycles. The van der Waals surface area contributed by atoms with Crippen LogP contribution in [-0.2, 0) is 0 Å². The van der Waals surface area contributed by atoms with Crippen LogP contribution in [0.15, 0.2) is 29.8 Å². The summed E-state index contributed by atoms with van der Waals surface area (Å²) in [4.78, 5) is 12.3. The molecule has 0 saturated carbocycles. The van der Waals surface area contributed by atoms with Crippen molar-refractivity contribution in [2.45, 2.75) is 0 Å². The first kappa shape index (κ1) is 6.54. The second-order valence-corrected chi connectivity index (χ2v) is 2.79. The fourth-order valence-electron chi connectivity index (χ4n) is 1.44. The van der Waals surface area contributed by atoms with Crippen LogP contribution in [0.25, 0.3) is 16.1 Å². The molecular formula is C9H5N4-. The number of pyridine rings is 2. The standard InChI is InChI=1S/C9H5N4/c1-6-2-11-4-8-9(6)7(3-10-1)12-5-13-8/h1-5H/q-1. The van der Waals surface area contributed by atoms with E-state index in [1.54, 1.807) is 24.8 Å². The molecule has 1 aliphatic heterocycles. The van der Waals surface area contributed by atoms with Gasteiger partial charge in [0.05, 0.1) is 0 Å². The Morgan fingerprint density at radius 1 is 1.00 bits per heavy atom. The summed E-state index contributed by atoms with van der Waals surface area (Å²) in [6.45, 7) is 0. The summed E-state index contributed by atoms with van der Waals surface area (Å²) in [5, 5.41) is 6.15. The van der Waals surface area contributed by atoms with Gasteiger partial charge in [0.25, 0.3) is 0 Å². The molecule has 0 atom stereocenters. The molecule has 0 bridgehead atoms. The van der Waals surface area contributed by atoms with Crippen molar-refractivity contribution < 1.29 is 0 Å². The molecule has 0 aliphatic carbocycles. The molecule has 0 amide bonds. The number of aromatic nitrogens is 2. The van der Waals surface area contributed by atoms with E-state index in [4.69, 9.17) is 0 Å². The van der Waals surface area contributed by atoms with E-state index in [0.29, 0.717) is 0 Å². The van der Waals surface area contributed by atoms with Gasteiger partial charge in [0.15, 0.2) is 0 Å². The Hall–Kier alpha value is -1.97. The van der Waals surface area contributed by atoms with Crippen LogP contribution in [-0.4, -0.2) is 16.3 Å². The van der Waals surface area contributed by atoms with Gasteiger partial charge in [0.2, 0.25) is 0 Å². The highest BCUT2D eigenvalue weighted by molar-refractivity contribution is 6.09. The maximum Gasteiger partial charge on any atom is 0.0362 e. The second-order valence-electron chi connectivity index (χ2n) is 2.79. The van der Waals surface area contributed by atoms with Gasteiger partial charge in [-0.15, -0.1) is 0 Å². The summed E-state index contributed by atoms with van der Waals surface area (Å²) >= 11 is 0. The first-order valence-corrected chi connectivity index (χ1v) is 3.90. The summed E-state index contributed by atoms with van der Waals surface area (Å²) in [6.07, 6.45) is 8.53. The van der Waals surface area contributed by atoms with Gasteiger partial charge in [0, 0.05) is 30.2 Å². The Morgan fingerprint density at radius 3 is 2.77 bits per heavy atom. The summed E-state index contributed by atoms with van der Waals surface area (Å²) in [6, 6.07) is 0. The third-order valence-corrected chi connectivity index (χ3v) is 2.02. The van der Waals surface area contributed by atoms with E-state index in [2.05, 4.69) is 20.3 Å². The zero-order valence-electron chi connectivity index (χ0n) is 6.68. The van der Waals surface area contributed by atoms with Gasteiger partial charge >= 0.3 is 0 Å². The molecular weight excluding hydrogens is 164 g/mol. The molecule has 0 fully saturated rings. The maximum absolute atomic E-state index is 4.13. The normalized spacial score (nSPS) is 12.9. The van der Waals surface area contributed by atoms with Crippen LogP contribution in [0, 0.1) is 0 Å². The molecule has 62 valence electrons. The third kappa shape index (κ3) is 0.823. The summed E-state index contributed by atoms with van der Waals surface area (Å²) < 4.78 is 0. The molecule has 0 N–H and O–H groups in total. The second kappa shape index (κ2) is 2.26. The minimum atomic E-state index is 0.866. The smallest absolute Gasteiger partial charge is 0.0362 e. The molecule has 3 heterocycles. The number of hydrogen-bond donors (Lipinski definition) is 0. The minimum Gasteiger partial charge on any atom is -0.441 e. The SMILES string of the molecule is C1=Nc2cncc3cncc(c23)[N-]1. The minimum absolute atomic E-state index is 0.866. The van der Waals surface area contributed by atoms with Crippen molar-refractivity contribution in [1.29, 1.82) is 0 Å². The van der Waals surface area contributed by atoms with Crippen molar-refractivity contribution in [1.82, 2.24) is 9.97 Å². The van der Waals surface area contributed by atoms with Crippen molar-refractivity contribution in [2.75, 3.05) is 0 Å². The van der Waals surface area contributed by atoms with Crippen LogP contribution < -0.4 is 0 Å². The van der Waals surface area contributed by atoms with Crippen molar-refractivity contribution in [3.63, 3.8) is 0 Å². The topological polar surface area (TPSA) is 52.2 Å². The van der Waals surface area contributed by atoms with E-state index >= 15 is 0 Å². The van der Waals surface area contributed by atoms with Crippen LogP contribution in [0.3, 0.4) is 0 Å². The molecule has 1 aliphatic rings. The Morgan fingerprint density at radius 2 is 1.85 bits per heavy atom. The molecule has 0 unspecified atom stereocenters. The maximum atomic E-state index is 4.13. The van der Waals surface area contributed by atoms with Crippen molar-refractivity contribution >= 4 is 28.5 Å². The van der Waals surface area contributed by atoms with E-state index < -0.39 is 0 Å². The molecule has 0 spiro atoms. The molecule has 0 saturated heterocycles. The van der Waals surface area contributed by atoms with Crippen LogP contribution in [0.2, 0.25) is 0 Å². The highest BCUT2D eigenvalue weighted by atomic mass is 15.0. The average molecular weight is 169 g/mol. The van der Waals surface area contributed by atoms with Gasteiger partial charge in [-0.2, -0.15) is 0 Å². The molecule has 4 nitrogen and oxygen atoms in total. The Balaban J connectivity index is 2.56. The number of hydrogen-bond acceptors (Lipinski definition) is 3. The zero-order chi connectivity index (χ0) is 8.67. The lowest BCUT2D eigenvalue weighted by atomic mass is 10.1. The predicted molar refractivity (Wildman–Crippen MR) is 50.7 cm³/mol. The van der Waals surface area contributed by atoms with Crippen molar-refractivity contribution in [3.8, 4) is 0 Å². The van der Waals surface area contributed by atoms with E-state index in [0.717, 1.165) is 22.1 Å². The largest absolute Gasteiger partial charge is 0.441 e. The molecule has 0 radical (unpaired) electrons. The first-order chi connectivity index (χ1) is 6.45. The van der Waals surface area contributed by atoms with E-state index in [1.807, 2.05) is 0 Å². The summed E-state index contributed by atoms with van der Waals surface area (Å²) in [5.41, 5.74) is 1.73. The number of aliphatic imine (C=N–C) groups is 1. The van der Waals surface area contributed by atoms with E-state index in [9.17, 15) is 0 Å². The lowest BCUT2D eigenvalue weighted by molar-refractivity contribution is 1.30. The molecule has 4 heteroatoms. The third-order valence-electron chi connectivity index (χ3n) is 2.02. The monoisotopic (exact) mass is 169 g/mol. The Labute approximate surface area is 74.4 Å². The highest BCUT2D eigenvalue weighted by Gasteiger charge is 2.02. The quantitative estimate of drug-likeness (QED) is 0.607. The van der Waals surface area contributed by atoms with E-state index in [-0.39, 0.29) is 0 Å². The van der Waals surface area contributed by atoms with E-state index in [1.165, 1.54) is 6.34 Å². The molecule has 13 heavy (non-hydrogen) atoms. The fraction of sp³-hybridized carbons (Fsp3) is 0. The Kier molecular flexibility index (Phi) is 1.14. The van der Waals surface area contributed by atoms with Crippen LogP contribution in [0.5, 0.6) is 0 Å². The highest BCUT2D eigenvalue weighted by Crippen LogP contribution is 2.37. The van der Waals surface area contributed by atoms with Gasteiger partial charge in [-0.25, -0.2) is 0 Å². The molecule has 2 aromatic rings. The van der Waals surface area contributed by atoms with Gasteiger partial charge in [0.1, 0.15) is 0 Å². The summed E-state index contributed by atoms with van der Waals surface area (Å²) in [5.74, 6) is 0. The summed E-state index contributed by atoms with van der Waals surface area (Å²) in [7, 11) is 0. The van der Waals surface area contributed by atoms with Crippen molar-refractivity contribution in [3.05, 3.63) is 30.1 Å². The Bertz CT molecular complexity index is 499. The van der Waals surface area contributed by atoms with Crippen LogP contribution >= 0.6 is 0 Å². The lowest BCUT2D eigenvalue weighted by Crippen LogP contribution is -1.86. The van der Waals surface area contributed by atoms with Gasteiger partial charge < -0.3 is 10.3 Å². The van der Waals surface area contributed by atoms with Crippen LogP contribution in [0.1, 0.15) is 0 Å². The first-order valence-electron chi connectivity index (χ1n) is 3.90. The predicted octanol–water partition coefficient (Wildman–Crippen LogP) is 2.31. The fourth-order valence-corrected chi connectivity index (χ4v) is 1.44. The molecule has 2 aromatic heterocycles. The van der Waals surface area contributed by atoms with Crippen molar-refractivity contribution in [2.24, 2.45) is 4.99 Å². The number of rotatable bonds is 0. The van der Waals surface area contributed by atoms with Crippen LogP contribution in [0.4, 0.5) is 11.4 Å². The zero-order valence-corrected chi connectivity index (χ0v) is 6.68. The number of nitrogens with zero attached hydrogens (tertiary/aromatic N) is 4.